The minimum atomic E-state index is 0.404. The van der Waals surface area contributed by atoms with Crippen molar-refractivity contribution >= 4 is 0 Å². The SMILES string of the molecule is CNC1C(N(CCOC)CC(C)C)CCC1(C)C. The van der Waals surface area contributed by atoms with E-state index in [0.29, 0.717) is 23.4 Å². The largest absolute Gasteiger partial charge is 0.383 e. The summed E-state index contributed by atoms with van der Waals surface area (Å²) in [6, 6.07) is 1.25. The van der Waals surface area contributed by atoms with Crippen molar-refractivity contribution in [3.63, 3.8) is 0 Å². The maximum Gasteiger partial charge on any atom is 0.0589 e. The van der Waals surface area contributed by atoms with Gasteiger partial charge in [0.1, 0.15) is 0 Å². The average Bonchev–Trinajstić information content (AvgIpc) is 2.59. The zero-order valence-electron chi connectivity index (χ0n) is 13.1. The Morgan fingerprint density at radius 2 is 2.06 bits per heavy atom. The molecule has 0 aliphatic heterocycles. The van der Waals surface area contributed by atoms with E-state index in [1.165, 1.54) is 19.4 Å². The molecule has 0 aromatic heterocycles. The average molecular weight is 256 g/mol. The molecule has 1 fully saturated rings. The van der Waals surface area contributed by atoms with Crippen molar-refractivity contribution < 1.29 is 4.74 Å². The highest BCUT2D eigenvalue weighted by Crippen LogP contribution is 2.39. The van der Waals surface area contributed by atoms with Crippen molar-refractivity contribution in [1.82, 2.24) is 10.2 Å². The lowest BCUT2D eigenvalue weighted by Gasteiger charge is -2.38. The Bertz CT molecular complexity index is 241. The summed E-state index contributed by atoms with van der Waals surface area (Å²) in [5.41, 5.74) is 0.404. The molecule has 1 rings (SSSR count). The summed E-state index contributed by atoms with van der Waals surface area (Å²) in [7, 11) is 3.90. The molecule has 2 unspecified atom stereocenters. The minimum absolute atomic E-state index is 0.404. The van der Waals surface area contributed by atoms with E-state index in [4.69, 9.17) is 4.74 Å². The first kappa shape index (κ1) is 15.9. The van der Waals surface area contributed by atoms with E-state index in [0.717, 1.165) is 13.2 Å². The van der Waals surface area contributed by atoms with E-state index in [1.54, 1.807) is 7.11 Å². The van der Waals surface area contributed by atoms with E-state index < -0.39 is 0 Å². The lowest BCUT2D eigenvalue weighted by Crippen LogP contribution is -2.52. The molecule has 0 heterocycles. The Kier molecular flexibility index (Phi) is 6.09. The van der Waals surface area contributed by atoms with Crippen LogP contribution in [-0.2, 0) is 4.74 Å². The Morgan fingerprint density at radius 1 is 1.39 bits per heavy atom. The number of hydrogen-bond acceptors (Lipinski definition) is 3. The van der Waals surface area contributed by atoms with E-state index in [2.05, 4.69) is 45.0 Å². The molecule has 1 N–H and O–H groups in total. The maximum atomic E-state index is 5.27. The predicted molar refractivity (Wildman–Crippen MR) is 77.9 cm³/mol. The molecule has 0 aromatic rings. The molecular formula is C15H32N2O. The molecule has 0 spiro atoms. The van der Waals surface area contributed by atoms with Gasteiger partial charge in [-0.15, -0.1) is 0 Å². The Labute approximate surface area is 113 Å². The third kappa shape index (κ3) is 3.94. The highest BCUT2D eigenvalue weighted by atomic mass is 16.5. The highest BCUT2D eigenvalue weighted by Gasteiger charge is 2.43. The molecular weight excluding hydrogens is 224 g/mol. The highest BCUT2D eigenvalue weighted by molar-refractivity contribution is 5.00. The van der Waals surface area contributed by atoms with Crippen molar-refractivity contribution in [2.75, 3.05) is 33.9 Å². The first-order valence-corrected chi connectivity index (χ1v) is 7.32. The molecule has 1 aliphatic carbocycles. The number of hydrogen-bond donors (Lipinski definition) is 1. The fourth-order valence-corrected chi connectivity index (χ4v) is 3.41. The lowest BCUT2D eigenvalue weighted by molar-refractivity contribution is 0.0913. The number of methoxy groups -OCH3 is 1. The van der Waals surface area contributed by atoms with Crippen LogP contribution in [0, 0.1) is 11.3 Å². The lowest BCUT2D eigenvalue weighted by atomic mass is 9.86. The summed E-state index contributed by atoms with van der Waals surface area (Å²) < 4.78 is 5.27. The van der Waals surface area contributed by atoms with E-state index in [9.17, 15) is 0 Å². The minimum Gasteiger partial charge on any atom is -0.383 e. The van der Waals surface area contributed by atoms with Gasteiger partial charge in [0.05, 0.1) is 6.61 Å². The number of nitrogens with one attached hydrogen (secondary N) is 1. The van der Waals surface area contributed by atoms with Crippen LogP contribution in [-0.4, -0.2) is 50.8 Å². The van der Waals surface area contributed by atoms with Crippen LogP contribution in [0.15, 0.2) is 0 Å². The molecule has 0 saturated heterocycles. The first-order valence-electron chi connectivity index (χ1n) is 7.32. The summed E-state index contributed by atoms with van der Waals surface area (Å²) in [6.07, 6.45) is 2.61. The number of ether oxygens (including phenoxy) is 1. The standard InChI is InChI=1S/C15H32N2O/c1-12(2)11-17(9-10-18-6)13-7-8-15(3,4)14(13)16-5/h12-14,16H,7-11H2,1-6H3. The summed E-state index contributed by atoms with van der Waals surface area (Å²) in [5.74, 6) is 0.711. The van der Waals surface area contributed by atoms with Gasteiger partial charge in [0.2, 0.25) is 0 Å². The summed E-state index contributed by atoms with van der Waals surface area (Å²) in [5, 5.41) is 3.55. The monoisotopic (exact) mass is 256 g/mol. The van der Waals surface area contributed by atoms with Crippen LogP contribution < -0.4 is 5.32 Å². The fraction of sp³-hybridized carbons (Fsp3) is 1.00. The maximum absolute atomic E-state index is 5.27. The van der Waals surface area contributed by atoms with Crippen molar-refractivity contribution in [3.05, 3.63) is 0 Å². The molecule has 108 valence electrons. The van der Waals surface area contributed by atoms with E-state index in [1.807, 2.05) is 0 Å². The molecule has 2 atom stereocenters. The molecule has 1 aliphatic rings. The second-order valence-corrected chi connectivity index (χ2v) is 6.74. The van der Waals surface area contributed by atoms with Crippen LogP contribution in [0.25, 0.3) is 0 Å². The molecule has 0 aromatic carbocycles. The van der Waals surface area contributed by atoms with Gasteiger partial charge >= 0.3 is 0 Å². The quantitative estimate of drug-likeness (QED) is 0.757. The zero-order valence-corrected chi connectivity index (χ0v) is 13.1. The van der Waals surface area contributed by atoms with Gasteiger partial charge in [-0.3, -0.25) is 4.90 Å². The van der Waals surface area contributed by atoms with Gasteiger partial charge in [-0.25, -0.2) is 0 Å². The molecule has 0 radical (unpaired) electrons. The van der Waals surface area contributed by atoms with Gasteiger partial charge in [0.25, 0.3) is 0 Å². The van der Waals surface area contributed by atoms with Crippen molar-refractivity contribution in [1.29, 1.82) is 0 Å². The van der Waals surface area contributed by atoms with Gasteiger partial charge in [0.15, 0.2) is 0 Å². The first-order chi connectivity index (χ1) is 8.42. The second-order valence-electron chi connectivity index (χ2n) is 6.74. The normalized spacial score (nSPS) is 27.3. The zero-order chi connectivity index (χ0) is 13.8. The molecule has 0 bridgehead atoms. The van der Waals surface area contributed by atoms with Gasteiger partial charge in [0, 0.05) is 32.3 Å². The number of rotatable bonds is 7. The van der Waals surface area contributed by atoms with E-state index in [-0.39, 0.29) is 0 Å². The fourth-order valence-electron chi connectivity index (χ4n) is 3.41. The van der Waals surface area contributed by atoms with Crippen LogP contribution in [0.2, 0.25) is 0 Å². The van der Waals surface area contributed by atoms with Gasteiger partial charge in [-0.1, -0.05) is 27.7 Å². The third-order valence-corrected chi connectivity index (χ3v) is 4.27. The Balaban J connectivity index is 2.71. The van der Waals surface area contributed by atoms with Crippen LogP contribution in [0.4, 0.5) is 0 Å². The van der Waals surface area contributed by atoms with Crippen molar-refractivity contribution in [3.8, 4) is 0 Å². The van der Waals surface area contributed by atoms with Crippen molar-refractivity contribution in [2.45, 2.75) is 52.6 Å². The van der Waals surface area contributed by atoms with Crippen LogP contribution >= 0.6 is 0 Å². The molecule has 18 heavy (non-hydrogen) atoms. The van der Waals surface area contributed by atoms with Crippen LogP contribution in [0.3, 0.4) is 0 Å². The Morgan fingerprint density at radius 3 is 2.56 bits per heavy atom. The second kappa shape index (κ2) is 6.88. The van der Waals surface area contributed by atoms with Crippen LogP contribution in [0.5, 0.6) is 0 Å². The van der Waals surface area contributed by atoms with Crippen molar-refractivity contribution in [2.24, 2.45) is 11.3 Å². The topological polar surface area (TPSA) is 24.5 Å². The van der Waals surface area contributed by atoms with Crippen LogP contribution in [0.1, 0.15) is 40.5 Å². The predicted octanol–water partition coefficient (Wildman–Crippen LogP) is 2.37. The molecule has 3 nitrogen and oxygen atoms in total. The van der Waals surface area contributed by atoms with Gasteiger partial charge < -0.3 is 10.1 Å². The summed E-state index contributed by atoms with van der Waals surface area (Å²) >= 11 is 0. The molecule has 0 amide bonds. The van der Waals surface area contributed by atoms with Gasteiger partial charge in [-0.2, -0.15) is 0 Å². The number of nitrogens with zero attached hydrogens (tertiary/aromatic N) is 1. The third-order valence-electron chi connectivity index (χ3n) is 4.27. The number of likely N-dealkylation sites (N-methyl/N-ethyl adjacent to an activating group) is 1. The smallest absolute Gasteiger partial charge is 0.0589 e. The summed E-state index contributed by atoms with van der Waals surface area (Å²) in [6.45, 7) is 12.4. The molecule has 1 saturated carbocycles. The van der Waals surface area contributed by atoms with Gasteiger partial charge in [-0.05, 0) is 31.2 Å². The summed E-state index contributed by atoms with van der Waals surface area (Å²) in [4.78, 5) is 2.63. The van der Waals surface area contributed by atoms with E-state index >= 15 is 0 Å². The molecule has 3 heteroatoms. The Hall–Kier alpha value is -0.120.